The lowest BCUT2D eigenvalue weighted by atomic mass is 10.1. The molecule has 0 atom stereocenters. The van der Waals surface area contributed by atoms with Crippen LogP contribution in [0, 0.1) is 5.82 Å². The zero-order chi connectivity index (χ0) is 19.6. The lowest BCUT2D eigenvalue weighted by Crippen LogP contribution is -2.33. The molecule has 0 saturated carbocycles. The average Bonchev–Trinajstić information content (AvgIpc) is 2.94. The van der Waals surface area contributed by atoms with Gasteiger partial charge in [0.2, 0.25) is 5.78 Å². The summed E-state index contributed by atoms with van der Waals surface area (Å²) in [6.07, 6.45) is 0.778. The van der Waals surface area contributed by atoms with Gasteiger partial charge >= 0.3 is 6.09 Å². The highest BCUT2D eigenvalue weighted by Gasteiger charge is 2.29. The van der Waals surface area contributed by atoms with Gasteiger partial charge in [-0.3, -0.25) is 4.79 Å². The molecular weight excluding hydrogens is 373 g/mol. The molecule has 1 aliphatic heterocycles. The Labute approximate surface area is 160 Å². The number of halogens is 2. The molecule has 0 aliphatic carbocycles. The van der Waals surface area contributed by atoms with E-state index in [1.165, 1.54) is 47.4 Å². The van der Waals surface area contributed by atoms with Crippen molar-refractivity contribution in [3.8, 4) is 11.5 Å². The first-order valence-electron chi connectivity index (χ1n) is 8.43. The van der Waals surface area contributed by atoms with Gasteiger partial charge in [0.25, 0.3) is 0 Å². The van der Waals surface area contributed by atoms with Gasteiger partial charge < -0.3 is 14.4 Å². The molecule has 0 radical (unpaired) electrons. The van der Waals surface area contributed by atoms with Crippen molar-refractivity contribution in [2.24, 2.45) is 0 Å². The van der Waals surface area contributed by atoms with E-state index in [4.69, 9.17) is 21.1 Å². The molecule has 0 saturated heterocycles. The lowest BCUT2D eigenvalue weighted by Gasteiger charge is -2.17. The highest BCUT2D eigenvalue weighted by Crippen LogP contribution is 2.36. The number of Topliss-reactive ketones (excluding diaryl/α,β-unsaturated/α-hetero) is 1. The Morgan fingerprint density at radius 3 is 2.67 bits per heavy atom. The van der Waals surface area contributed by atoms with Crippen molar-refractivity contribution in [1.82, 2.24) is 4.90 Å². The minimum absolute atomic E-state index is 0.0516. The number of amides is 1. The first-order valence-corrected chi connectivity index (χ1v) is 8.81. The summed E-state index contributed by atoms with van der Waals surface area (Å²) in [7, 11) is 0. The number of hydrogen-bond donors (Lipinski definition) is 0. The fourth-order valence-corrected chi connectivity index (χ4v) is 2.88. The van der Waals surface area contributed by atoms with Crippen LogP contribution in [0.5, 0.6) is 11.5 Å². The number of carbonyl (C=O) groups excluding carboxylic acids is 2. The fourth-order valence-electron chi connectivity index (χ4n) is 2.66. The van der Waals surface area contributed by atoms with Crippen LogP contribution in [-0.2, 0) is 0 Å². The summed E-state index contributed by atoms with van der Waals surface area (Å²) in [6.45, 7) is 4.73. The van der Waals surface area contributed by atoms with Gasteiger partial charge in [0, 0.05) is 24.7 Å². The number of ketones is 1. The Bertz CT molecular complexity index is 917. The molecule has 0 bridgehead atoms. The minimum atomic E-state index is -0.559. The SMILES string of the molecule is CCN(CC)C(=O)Oc1ccc2c(c1)OC(=Cc1c(F)cccc1Cl)C2=O. The van der Waals surface area contributed by atoms with Crippen LogP contribution in [-0.4, -0.2) is 29.9 Å². The monoisotopic (exact) mass is 389 g/mol. The number of benzene rings is 2. The van der Waals surface area contributed by atoms with Crippen LogP contribution in [0.3, 0.4) is 0 Å². The normalized spacial score (nSPS) is 14.1. The average molecular weight is 390 g/mol. The Kier molecular flexibility index (Phi) is 5.46. The minimum Gasteiger partial charge on any atom is -0.452 e. The molecule has 2 aromatic carbocycles. The highest BCUT2D eigenvalue weighted by atomic mass is 35.5. The van der Waals surface area contributed by atoms with Crippen molar-refractivity contribution in [3.05, 3.63) is 64.1 Å². The van der Waals surface area contributed by atoms with Crippen LogP contribution in [0.15, 0.2) is 42.2 Å². The van der Waals surface area contributed by atoms with Gasteiger partial charge in [-0.05, 0) is 44.2 Å². The van der Waals surface area contributed by atoms with E-state index in [0.29, 0.717) is 18.7 Å². The molecule has 7 heteroatoms. The maximum Gasteiger partial charge on any atom is 0.415 e. The molecule has 1 amide bonds. The van der Waals surface area contributed by atoms with Gasteiger partial charge in [-0.2, -0.15) is 0 Å². The Morgan fingerprint density at radius 1 is 1.26 bits per heavy atom. The number of ether oxygens (including phenoxy) is 2. The molecule has 27 heavy (non-hydrogen) atoms. The molecule has 0 spiro atoms. The third kappa shape index (κ3) is 3.80. The van der Waals surface area contributed by atoms with E-state index in [9.17, 15) is 14.0 Å². The number of hydrogen-bond acceptors (Lipinski definition) is 4. The van der Waals surface area contributed by atoms with Crippen LogP contribution in [0.2, 0.25) is 5.02 Å². The highest BCUT2D eigenvalue weighted by molar-refractivity contribution is 6.32. The lowest BCUT2D eigenvalue weighted by molar-refractivity contribution is 0.101. The van der Waals surface area contributed by atoms with Crippen molar-refractivity contribution in [3.63, 3.8) is 0 Å². The maximum atomic E-state index is 14.0. The predicted octanol–water partition coefficient (Wildman–Crippen LogP) is 4.94. The van der Waals surface area contributed by atoms with E-state index in [-0.39, 0.29) is 27.8 Å². The predicted molar refractivity (Wildman–Crippen MR) is 99.7 cm³/mol. The van der Waals surface area contributed by atoms with Crippen LogP contribution in [0.4, 0.5) is 9.18 Å². The first-order chi connectivity index (χ1) is 12.9. The second kappa shape index (κ2) is 7.80. The summed E-state index contributed by atoms with van der Waals surface area (Å²) >= 11 is 5.99. The van der Waals surface area contributed by atoms with Gasteiger partial charge in [0.05, 0.1) is 10.6 Å². The van der Waals surface area contributed by atoms with Gasteiger partial charge in [0.1, 0.15) is 17.3 Å². The quantitative estimate of drug-likeness (QED) is 0.695. The summed E-state index contributed by atoms with van der Waals surface area (Å²) < 4.78 is 24.8. The number of nitrogens with zero attached hydrogens (tertiary/aromatic N) is 1. The second-order valence-electron chi connectivity index (χ2n) is 5.77. The Morgan fingerprint density at radius 2 is 2.00 bits per heavy atom. The van der Waals surface area contributed by atoms with Crippen molar-refractivity contribution in [2.75, 3.05) is 13.1 Å². The van der Waals surface area contributed by atoms with Crippen molar-refractivity contribution < 1.29 is 23.5 Å². The van der Waals surface area contributed by atoms with Crippen LogP contribution >= 0.6 is 11.6 Å². The molecular formula is C20H17ClFNO4. The van der Waals surface area contributed by atoms with E-state index in [1.807, 2.05) is 13.8 Å². The zero-order valence-electron chi connectivity index (χ0n) is 14.8. The van der Waals surface area contributed by atoms with Gasteiger partial charge in [-0.1, -0.05) is 17.7 Å². The molecule has 0 N–H and O–H groups in total. The number of rotatable bonds is 4. The smallest absolute Gasteiger partial charge is 0.415 e. The zero-order valence-corrected chi connectivity index (χ0v) is 15.5. The fraction of sp³-hybridized carbons (Fsp3) is 0.200. The summed E-state index contributed by atoms with van der Waals surface area (Å²) in [5.74, 6) is -0.515. The van der Waals surface area contributed by atoms with Crippen molar-refractivity contribution >= 4 is 29.6 Å². The molecule has 1 aliphatic rings. The van der Waals surface area contributed by atoms with Gasteiger partial charge in [-0.15, -0.1) is 0 Å². The third-order valence-electron chi connectivity index (χ3n) is 4.14. The topological polar surface area (TPSA) is 55.8 Å². The molecule has 2 aromatic rings. The van der Waals surface area contributed by atoms with E-state index >= 15 is 0 Å². The summed E-state index contributed by atoms with van der Waals surface area (Å²) in [5.41, 5.74) is 0.375. The van der Waals surface area contributed by atoms with Crippen LogP contribution in [0.1, 0.15) is 29.8 Å². The van der Waals surface area contributed by atoms with Gasteiger partial charge in [0.15, 0.2) is 5.76 Å². The van der Waals surface area contributed by atoms with Gasteiger partial charge in [-0.25, -0.2) is 9.18 Å². The van der Waals surface area contributed by atoms with E-state index in [1.54, 1.807) is 0 Å². The summed E-state index contributed by atoms with van der Waals surface area (Å²) in [6, 6.07) is 8.72. The first kappa shape index (κ1) is 18.9. The van der Waals surface area contributed by atoms with E-state index in [2.05, 4.69) is 0 Å². The summed E-state index contributed by atoms with van der Waals surface area (Å²) in [4.78, 5) is 26.0. The molecule has 5 nitrogen and oxygen atoms in total. The maximum absolute atomic E-state index is 14.0. The Hall–Kier alpha value is -2.86. The van der Waals surface area contributed by atoms with E-state index < -0.39 is 17.7 Å². The molecule has 3 rings (SSSR count). The molecule has 0 fully saturated rings. The van der Waals surface area contributed by atoms with Crippen molar-refractivity contribution in [2.45, 2.75) is 13.8 Å². The third-order valence-corrected chi connectivity index (χ3v) is 4.47. The largest absolute Gasteiger partial charge is 0.452 e. The molecule has 0 unspecified atom stereocenters. The molecule has 0 aromatic heterocycles. The van der Waals surface area contributed by atoms with Crippen LogP contribution in [0.25, 0.3) is 6.08 Å². The summed E-state index contributed by atoms with van der Waals surface area (Å²) in [5, 5.41) is 0.170. The van der Waals surface area contributed by atoms with Crippen molar-refractivity contribution in [1.29, 1.82) is 0 Å². The standard InChI is InChI=1S/C20H17ClFNO4/c1-3-23(4-2)20(25)26-12-8-9-13-17(10-12)27-18(19(13)24)11-14-15(21)6-5-7-16(14)22/h5-11H,3-4H2,1-2H3. The molecule has 140 valence electrons. The number of allylic oxidation sites excluding steroid dienone is 1. The second-order valence-corrected chi connectivity index (χ2v) is 6.18. The molecule has 1 heterocycles. The van der Waals surface area contributed by atoms with E-state index in [0.717, 1.165) is 0 Å². The number of fused-ring (bicyclic) bond motifs is 1. The number of carbonyl (C=O) groups is 2. The Balaban J connectivity index is 1.85. The van der Waals surface area contributed by atoms with Crippen LogP contribution < -0.4 is 9.47 Å².